The van der Waals surface area contributed by atoms with Crippen molar-refractivity contribution in [1.29, 1.82) is 0 Å². The molecule has 2 rings (SSSR count). The standard InChI is InChI=1S/C16H24FN3O/c1-18-16(20-14-5-3-2-4-6-14)19-10-12-7-8-15(17)13(9-12)11-21/h7-9,14,21H,2-6,10-11H2,1H3,(H2,18,19,20). The molecular formula is C16H24FN3O. The quantitative estimate of drug-likeness (QED) is 0.590. The topological polar surface area (TPSA) is 56.7 Å². The molecule has 3 N–H and O–H groups in total. The van der Waals surface area contributed by atoms with E-state index in [2.05, 4.69) is 15.6 Å². The SMILES string of the molecule is CN=C(NCc1ccc(F)c(CO)c1)NC1CCCCC1. The minimum Gasteiger partial charge on any atom is -0.392 e. The summed E-state index contributed by atoms with van der Waals surface area (Å²) in [6, 6.07) is 5.28. The molecule has 0 aliphatic heterocycles. The lowest BCUT2D eigenvalue weighted by molar-refractivity contribution is 0.275. The first-order valence-corrected chi connectivity index (χ1v) is 7.58. The highest BCUT2D eigenvalue weighted by molar-refractivity contribution is 5.79. The van der Waals surface area contributed by atoms with E-state index in [1.807, 2.05) is 0 Å². The number of guanidine groups is 1. The predicted octanol–water partition coefficient (Wildman–Crippen LogP) is 2.32. The molecule has 4 nitrogen and oxygen atoms in total. The van der Waals surface area contributed by atoms with Gasteiger partial charge in [-0.3, -0.25) is 4.99 Å². The Morgan fingerprint density at radius 3 is 2.76 bits per heavy atom. The maximum Gasteiger partial charge on any atom is 0.191 e. The second-order valence-electron chi connectivity index (χ2n) is 5.49. The number of hydrogen-bond acceptors (Lipinski definition) is 2. The molecule has 0 amide bonds. The molecule has 1 aromatic carbocycles. The molecule has 0 aromatic heterocycles. The molecular weight excluding hydrogens is 269 g/mol. The van der Waals surface area contributed by atoms with Gasteiger partial charge >= 0.3 is 0 Å². The molecule has 1 aliphatic rings. The third kappa shape index (κ3) is 4.70. The van der Waals surface area contributed by atoms with E-state index in [9.17, 15) is 4.39 Å². The second-order valence-corrected chi connectivity index (χ2v) is 5.49. The molecule has 21 heavy (non-hydrogen) atoms. The van der Waals surface area contributed by atoms with Crippen LogP contribution in [-0.2, 0) is 13.2 Å². The zero-order chi connectivity index (χ0) is 15.1. The van der Waals surface area contributed by atoms with Crippen molar-refractivity contribution in [2.45, 2.75) is 51.3 Å². The van der Waals surface area contributed by atoms with Crippen LogP contribution < -0.4 is 10.6 Å². The summed E-state index contributed by atoms with van der Waals surface area (Å²) < 4.78 is 13.3. The van der Waals surface area contributed by atoms with Gasteiger partial charge in [0.25, 0.3) is 0 Å². The number of aliphatic hydroxyl groups excluding tert-OH is 1. The van der Waals surface area contributed by atoms with E-state index in [1.165, 1.54) is 38.2 Å². The molecule has 116 valence electrons. The second kappa shape index (κ2) is 7.98. The van der Waals surface area contributed by atoms with Gasteiger partial charge in [0.2, 0.25) is 0 Å². The lowest BCUT2D eigenvalue weighted by Gasteiger charge is -2.25. The van der Waals surface area contributed by atoms with Crippen molar-refractivity contribution in [3.05, 3.63) is 35.1 Å². The Kier molecular flexibility index (Phi) is 5.99. The number of aliphatic hydroxyl groups is 1. The van der Waals surface area contributed by atoms with E-state index in [-0.39, 0.29) is 12.4 Å². The predicted molar refractivity (Wildman–Crippen MR) is 82.5 cm³/mol. The van der Waals surface area contributed by atoms with Gasteiger partial charge < -0.3 is 15.7 Å². The molecule has 0 saturated heterocycles. The number of halogens is 1. The van der Waals surface area contributed by atoms with E-state index < -0.39 is 0 Å². The van der Waals surface area contributed by atoms with Crippen molar-refractivity contribution in [1.82, 2.24) is 10.6 Å². The van der Waals surface area contributed by atoms with Crippen molar-refractivity contribution in [2.24, 2.45) is 4.99 Å². The molecule has 0 bridgehead atoms. The van der Waals surface area contributed by atoms with E-state index in [0.29, 0.717) is 18.2 Å². The van der Waals surface area contributed by atoms with Crippen molar-refractivity contribution >= 4 is 5.96 Å². The molecule has 1 fully saturated rings. The Hall–Kier alpha value is -1.62. The summed E-state index contributed by atoms with van der Waals surface area (Å²) in [6.45, 7) is 0.272. The van der Waals surface area contributed by atoms with Gasteiger partial charge in [0.1, 0.15) is 5.82 Å². The van der Waals surface area contributed by atoms with Crippen molar-refractivity contribution < 1.29 is 9.50 Å². The fourth-order valence-corrected chi connectivity index (χ4v) is 2.68. The van der Waals surface area contributed by atoms with E-state index in [0.717, 1.165) is 11.5 Å². The van der Waals surface area contributed by atoms with Crippen LogP contribution in [0.1, 0.15) is 43.2 Å². The summed E-state index contributed by atoms with van der Waals surface area (Å²) >= 11 is 0. The number of hydrogen-bond donors (Lipinski definition) is 3. The van der Waals surface area contributed by atoms with Gasteiger partial charge in [0.05, 0.1) is 6.61 Å². The molecule has 1 aromatic rings. The van der Waals surface area contributed by atoms with Crippen LogP contribution in [0.2, 0.25) is 0 Å². The zero-order valence-electron chi connectivity index (χ0n) is 12.5. The van der Waals surface area contributed by atoms with Crippen LogP contribution in [0.3, 0.4) is 0 Å². The third-order valence-electron chi connectivity index (χ3n) is 3.91. The molecule has 0 heterocycles. The molecule has 0 atom stereocenters. The van der Waals surface area contributed by atoms with Gasteiger partial charge in [-0.25, -0.2) is 4.39 Å². The Bertz CT molecular complexity index is 484. The first kappa shape index (κ1) is 15.8. The summed E-state index contributed by atoms with van der Waals surface area (Å²) in [5.74, 6) is 0.405. The lowest BCUT2D eigenvalue weighted by atomic mass is 9.96. The summed E-state index contributed by atoms with van der Waals surface area (Å²) in [4.78, 5) is 4.23. The Labute approximate surface area is 125 Å². The molecule has 1 saturated carbocycles. The molecule has 0 radical (unpaired) electrons. The van der Waals surface area contributed by atoms with Crippen LogP contribution in [-0.4, -0.2) is 24.2 Å². The number of aliphatic imine (C=N–C) groups is 1. The summed E-state index contributed by atoms with van der Waals surface area (Å²) in [5, 5.41) is 15.8. The summed E-state index contributed by atoms with van der Waals surface area (Å²) in [6.07, 6.45) is 6.24. The lowest BCUT2D eigenvalue weighted by Crippen LogP contribution is -2.43. The highest BCUT2D eigenvalue weighted by Gasteiger charge is 2.14. The maximum absolute atomic E-state index is 13.3. The average molecular weight is 293 g/mol. The fraction of sp³-hybridized carbons (Fsp3) is 0.562. The van der Waals surface area contributed by atoms with Crippen molar-refractivity contribution in [3.63, 3.8) is 0 Å². The Morgan fingerprint density at radius 2 is 2.10 bits per heavy atom. The van der Waals surface area contributed by atoms with Crippen molar-refractivity contribution in [2.75, 3.05) is 7.05 Å². The smallest absolute Gasteiger partial charge is 0.191 e. The first-order chi connectivity index (χ1) is 10.2. The molecule has 5 heteroatoms. The third-order valence-corrected chi connectivity index (χ3v) is 3.91. The molecule has 0 spiro atoms. The number of rotatable bonds is 4. The monoisotopic (exact) mass is 293 g/mol. The van der Waals surface area contributed by atoms with E-state index >= 15 is 0 Å². The van der Waals surface area contributed by atoms with Crippen LogP contribution >= 0.6 is 0 Å². The number of nitrogens with one attached hydrogen (secondary N) is 2. The highest BCUT2D eigenvalue weighted by atomic mass is 19.1. The van der Waals surface area contributed by atoms with Crippen LogP contribution in [0.4, 0.5) is 4.39 Å². The summed E-state index contributed by atoms with van der Waals surface area (Å²) in [5.41, 5.74) is 1.25. The van der Waals surface area contributed by atoms with Gasteiger partial charge in [-0.05, 0) is 30.5 Å². The van der Waals surface area contributed by atoms with Gasteiger partial charge in [0, 0.05) is 25.2 Å². The minimum absolute atomic E-state index is 0.283. The highest BCUT2D eigenvalue weighted by Crippen LogP contribution is 2.17. The van der Waals surface area contributed by atoms with Gasteiger partial charge in [-0.1, -0.05) is 25.3 Å². The van der Waals surface area contributed by atoms with Crippen LogP contribution in [0.5, 0.6) is 0 Å². The summed E-state index contributed by atoms with van der Waals surface area (Å²) in [7, 11) is 1.75. The van der Waals surface area contributed by atoms with Crippen LogP contribution in [0.25, 0.3) is 0 Å². The van der Waals surface area contributed by atoms with Crippen molar-refractivity contribution in [3.8, 4) is 0 Å². The first-order valence-electron chi connectivity index (χ1n) is 7.58. The average Bonchev–Trinajstić information content (AvgIpc) is 2.53. The Balaban J connectivity index is 1.87. The number of nitrogens with zero attached hydrogens (tertiary/aromatic N) is 1. The van der Waals surface area contributed by atoms with E-state index in [4.69, 9.17) is 5.11 Å². The largest absolute Gasteiger partial charge is 0.392 e. The van der Waals surface area contributed by atoms with Gasteiger partial charge in [0.15, 0.2) is 5.96 Å². The maximum atomic E-state index is 13.3. The van der Waals surface area contributed by atoms with Crippen LogP contribution in [0.15, 0.2) is 23.2 Å². The Morgan fingerprint density at radius 1 is 1.33 bits per heavy atom. The van der Waals surface area contributed by atoms with Gasteiger partial charge in [-0.2, -0.15) is 0 Å². The molecule has 1 aliphatic carbocycles. The fourth-order valence-electron chi connectivity index (χ4n) is 2.68. The number of benzene rings is 1. The van der Waals surface area contributed by atoms with E-state index in [1.54, 1.807) is 19.2 Å². The normalized spacial score (nSPS) is 16.8. The van der Waals surface area contributed by atoms with Gasteiger partial charge in [-0.15, -0.1) is 0 Å². The molecule has 0 unspecified atom stereocenters. The zero-order valence-corrected chi connectivity index (χ0v) is 12.5. The minimum atomic E-state index is -0.369. The van der Waals surface area contributed by atoms with Crippen LogP contribution in [0, 0.1) is 5.82 Å².